The van der Waals surface area contributed by atoms with Gasteiger partial charge in [0.15, 0.2) is 0 Å². The summed E-state index contributed by atoms with van der Waals surface area (Å²) >= 11 is 1.68. The Balaban J connectivity index is 2.42. The molecule has 0 aliphatic rings. The number of carbonyl (C=O) groups is 1. The summed E-state index contributed by atoms with van der Waals surface area (Å²) in [6.07, 6.45) is 5.07. The molecule has 4 heteroatoms. The van der Waals surface area contributed by atoms with E-state index in [1.165, 1.54) is 4.88 Å². The van der Waals surface area contributed by atoms with Crippen LogP contribution in [-0.2, 0) is 4.79 Å². The second-order valence-corrected chi connectivity index (χ2v) is 4.53. The molecule has 2 unspecified atom stereocenters. The molecule has 2 N–H and O–H groups in total. The first-order valence-corrected chi connectivity index (χ1v) is 6.03. The van der Waals surface area contributed by atoms with E-state index in [4.69, 9.17) is 6.42 Å². The quantitative estimate of drug-likeness (QED) is 0.761. The lowest BCUT2D eigenvalue weighted by molar-refractivity contribution is -0.122. The van der Waals surface area contributed by atoms with Crippen LogP contribution in [0.3, 0.4) is 0 Å². The number of rotatable bonds is 5. The first kappa shape index (κ1) is 12.8. The highest BCUT2D eigenvalue weighted by molar-refractivity contribution is 7.10. The molecule has 0 fully saturated rings. The number of nitrogens with one attached hydrogen (secondary N) is 2. The highest BCUT2D eigenvalue weighted by Crippen LogP contribution is 2.18. The molecule has 1 aromatic rings. The minimum Gasteiger partial charge on any atom is -0.344 e. The van der Waals surface area contributed by atoms with E-state index in [2.05, 4.69) is 16.6 Å². The van der Waals surface area contributed by atoms with E-state index in [1.54, 1.807) is 11.3 Å². The van der Waals surface area contributed by atoms with Crippen LogP contribution >= 0.6 is 11.3 Å². The molecule has 16 heavy (non-hydrogen) atoms. The molecule has 1 rings (SSSR count). The van der Waals surface area contributed by atoms with Gasteiger partial charge in [-0.1, -0.05) is 12.0 Å². The van der Waals surface area contributed by atoms with Gasteiger partial charge in [0.05, 0.1) is 12.6 Å². The summed E-state index contributed by atoms with van der Waals surface area (Å²) in [6.45, 7) is 4.14. The van der Waals surface area contributed by atoms with Gasteiger partial charge in [0, 0.05) is 10.9 Å². The zero-order chi connectivity index (χ0) is 12.0. The molecular weight excluding hydrogens is 220 g/mol. The van der Waals surface area contributed by atoms with Crippen molar-refractivity contribution in [2.24, 2.45) is 0 Å². The molecule has 0 saturated heterocycles. The maximum Gasteiger partial charge on any atom is 0.237 e. The Morgan fingerprint density at radius 2 is 2.38 bits per heavy atom. The van der Waals surface area contributed by atoms with E-state index in [-0.39, 0.29) is 24.5 Å². The van der Waals surface area contributed by atoms with Crippen molar-refractivity contribution in [1.82, 2.24) is 10.6 Å². The summed E-state index contributed by atoms with van der Waals surface area (Å²) in [5, 5.41) is 7.89. The fourth-order valence-corrected chi connectivity index (χ4v) is 2.11. The van der Waals surface area contributed by atoms with Gasteiger partial charge in [-0.15, -0.1) is 17.8 Å². The SMILES string of the molecule is C#CCNC(=O)C(C)NC(C)c1cccs1. The van der Waals surface area contributed by atoms with Gasteiger partial charge in [-0.3, -0.25) is 10.1 Å². The van der Waals surface area contributed by atoms with E-state index in [0.29, 0.717) is 0 Å². The fourth-order valence-electron chi connectivity index (χ4n) is 1.36. The molecule has 0 spiro atoms. The molecule has 2 atom stereocenters. The number of amides is 1. The van der Waals surface area contributed by atoms with Crippen LogP contribution in [0.2, 0.25) is 0 Å². The lowest BCUT2D eigenvalue weighted by Crippen LogP contribution is -2.43. The van der Waals surface area contributed by atoms with Crippen molar-refractivity contribution >= 4 is 17.2 Å². The summed E-state index contributed by atoms with van der Waals surface area (Å²) in [6, 6.07) is 3.98. The van der Waals surface area contributed by atoms with Gasteiger partial charge in [-0.05, 0) is 25.3 Å². The highest BCUT2D eigenvalue weighted by Gasteiger charge is 2.15. The van der Waals surface area contributed by atoms with Crippen LogP contribution < -0.4 is 10.6 Å². The Morgan fingerprint density at radius 3 is 2.94 bits per heavy atom. The molecule has 0 bridgehead atoms. The van der Waals surface area contributed by atoms with E-state index in [1.807, 2.05) is 31.4 Å². The summed E-state index contributed by atoms with van der Waals surface area (Å²) in [5.74, 6) is 2.31. The van der Waals surface area contributed by atoms with Crippen LogP contribution in [-0.4, -0.2) is 18.5 Å². The second-order valence-electron chi connectivity index (χ2n) is 3.55. The first-order valence-electron chi connectivity index (χ1n) is 5.15. The van der Waals surface area contributed by atoms with E-state index >= 15 is 0 Å². The molecule has 86 valence electrons. The van der Waals surface area contributed by atoms with Crippen LogP contribution in [0.1, 0.15) is 24.8 Å². The zero-order valence-electron chi connectivity index (χ0n) is 9.49. The Bertz CT molecular complexity index is 367. The topological polar surface area (TPSA) is 41.1 Å². The third kappa shape index (κ3) is 3.69. The van der Waals surface area contributed by atoms with Gasteiger partial charge >= 0.3 is 0 Å². The van der Waals surface area contributed by atoms with Crippen molar-refractivity contribution in [3.05, 3.63) is 22.4 Å². The molecule has 0 aliphatic heterocycles. The van der Waals surface area contributed by atoms with Gasteiger partial charge in [0.2, 0.25) is 5.91 Å². The molecule has 3 nitrogen and oxygen atoms in total. The highest BCUT2D eigenvalue weighted by atomic mass is 32.1. The number of hydrogen-bond acceptors (Lipinski definition) is 3. The number of hydrogen-bond donors (Lipinski definition) is 2. The van der Waals surface area contributed by atoms with Crippen molar-refractivity contribution in [3.63, 3.8) is 0 Å². The van der Waals surface area contributed by atoms with Crippen LogP contribution in [0.15, 0.2) is 17.5 Å². The average molecular weight is 236 g/mol. The van der Waals surface area contributed by atoms with Crippen LogP contribution in [0.5, 0.6) is 0 Å². The predicted octanol–water partition coefficient (Wildman–Crippen LogP) is 1.54. The molecule has 1 aromatic heterocycles. The predicted molar refractivity (Wildman–Crippen MR) is 67.2 cm³/mol. The molecular formula is C12H16N2OS. The van der Waals surface area contributed by atoms with E-state index < -0.39 is 0 Å². The minimum atomic E-state index is -0.245. The third-order valence-corrected chi connectivity index (χ3v) is 3.28. The Morgan fingerprint density at radius 1 is 1.62 bits per heavy atom. The first-order chi connectivity index (χ1) is 7.65. The number of carbonyl (C=O) groups excluding carboxylic acids is 1. The van der Waals surface area contributed by atoms with E-state index in [9.17, 15) is 4.79 Å². The standard InChI is InChI=1S/C12H16N2OS/c1-4-7-13-12(15)10(3)14-9(2)11-6-5-8-16-11/h1,5-6,8-10,14H,7H2,2-3H3,(H,13,15). The third-order valence-electron chi connectivity index (χ3n) is 2.23. The second kappa shape index (κ2) is 6.31. The van der Waals surface area contributed by atoms with Gasteiger partial charge in [-0.25, -0.2) is 0 Å². The maximum absolute atomic E-state index is 11.5. The Kier molecular flexibility index (Phi) is 5.03. The molecule has 1 amide bonds. The molecule has 0 radical (unpaired) electrons. The summed E-state index contributed by atoms with van der Waals surface area (Å²) in [7, 11) is 0. The van der Waals surface area contributed by atoms with Crippen LogP contribution in [0.4, 0.5) is 0 Å². The van der Waals surface area contributed by atoms with Gasteiger partial charge in [-0.2, -0.15) is 0 Å². The van der Waals surface area contributed by atoms with Gasteiger partial charge in [0.25, 0.3) is 0 Å². The Labute approximate surface area is 100 Å². The fraction of sp³-hybridized carbons (Fsp3) is 0.417. The van der Waals surface area contributed by atoms with E-state index in [0.717, 1.165) is 0 Å². The van der Waals surface area contributed by atoms with Crippen molar-refractivity contribution in [3.8, 4) is 12.3 Å². The summed E-state index contributed by atoms with van der Waals surface area (Å²) in [5.41, 5.74) is 0. The Hall–Kier alpha value is -1.31. The molecule has 0 aromatic carbocycles. The normalized spacial score (nSPS) is 13.8. The van der Waals surface area contributed by atoms with Crippen molar-refractivity contribution in [2.75, 3.05) is 6.54 Å². The smallest absolute Gasteiger partial charge is 0.237 e. The van der Waals surface area contributed by atoms with Crippen molar-refractivity contribution in [2.45, 2.75) is 25.9 Å². The molecule has 0 aliphatic carbocycles. The minimum absolute atomic E-state index is 0.0682. The van der Waals surface area contributed by atoms with Crippen molar-refractivity contribution in [1.29, 1.82) is 0 Å². The monoisotopic (exact) mass is 236 g/mol. The van der Waals surface area contributed by atoms with Crippen LogP contribution in [0.25, 0.3) is 0 Å². The molecule has 1 heterocycles. The van der Waals surface area contributed by atoms with Gasteiger partial charge < -0.3 is 5.32 Å². The maximum atomic E-state index is 11.5. The van der Waals surface area contributed by atoms with Gasteiger partial charge in [0.1, 0.15) is 0 Å². The number of thiophene rings is 1. The lowest BCUT2D eigenvalue weighted by Gasteiger charge is -2.18. The average Bonchev–Trinajstić information content (AvgIpc) is 2.79. The van der Waals surface area contributed by atoms with Crippen LogP contribution in [0, 0.1) is 12.3 Å². The summed E-state index contributed by atoms with van der Waals surface area (Å²) in [4.78, 5) is 12.8. The zero-order valence-corrected chi connectivity index (χ0v) is 10.3. The molecule has 0 saturated carbocycles. The number of terminal acetylenes is 1. The largest absolute Gasteiger partial charge is 0.344 e. The lowest BCUT2D eigenvalue weighted by atomic mass is 10.2. The van der Waals surface area contributed by atoms with Crippen molar-refractivity contribution < 1.29 is 4.79 Å². The summed E-state index contributed by atoms with van der Waals surface area (Å²) < 4.78 is 0.